The second-order valence-corrected chi connectivity index (χ2v) is 6.87. The fraction of sp³-hybridized carbons (Fsp3) is 0.600. The van der Waals surface area contributed by atoms with Crippen molar-refractivity contribution >= 4 is 16.5 Å². The molecule has 1 aliphatic rings. The van der Waals surface area contributed by atoms with Gasteiger partial charge in [-0.25, -0.2) is 0 Å². The molecule has 1 atom stereocenters. The normalized spacial score (nSPS) is 18.6. The van der Waals surface area contributed by atoms with Crippen LogP contribution in [0.5, 0.6) is 5.75 Å². The van der Waals surface area contributed by atoms with Gasteiger partial charge >= 0.3 is 0 Å². The van der Waals surface area contributed by atoms with Crippen molar-refractivity contribution in [1.29, 1.82) is 0 Å². The quantitative estimate of drug-likeness (QED) is 0.795. The first-order valence-electron chi connectivity index (χ1n) is 7.41. The van der Waals surface area contributed by atoms with E-state index in [2.05, 4.69) is 16.8 Å². The van der Waals surface area contributed by atoms with Crippen LogP contribution in [-0.4, -0.2) is 66.1 Å². The Morgan fingerprint density at radius 2 is 2.00 bits per heavy atom. The van der Waals surface area contributed by atoms with Gasteiger partial charge < -0.3 is 15.4 Å². The van der Waals surface area contributed by atoms with Crippen LogP contribution in [0.3, 0.4) is 0 Å². The third-order valence-electron chi connectivity index (χ3n) is 3.73. The maximum atomic E-state index is 12.5. The number of likely N-dealkylation sites (N-methyl/N-ethyl adjacent to an activating group) is 1. The Balaban J connectivity index is 1.92. The summed E-state index contributed by atoms with van der Waals surface area (Å²) in [7, 11) is 1.05. The number of piperazine rings is 1. The van der Waals surface area contributed by atoms with Crippen molar-refractivity contribution in [3.8, 4) is 5.75 Å². The lowest BCUT2D eigenvalue weighted by molar-refractivity contribution is 0.161. The third kappa shape index (κ3) is 4.69. The third-order valence-corrected chi connectivity index (χ3v) is 5.13. The molecule has 0 spiro atoms. The number of rotatable bonds is 6. The van der Waals surface area contributed by atoms with E-state index in [-0.39, 0.29) is 0 Å². The van der Waals surface area contributed by atoms with Crippen LogP contribution in [0.1, 0.15) is 6.92 Å². The maximum Gasteiger partial charge on any atom is 0.120 e. The Kier molecular flexibility index (Phi) is 6.02. The molecule has 21 heavy (non-hydrogen) atoms. The van der Waals surface area contributed by atoms with Crippen LogP contribution in [0, 0.1) is 0 Å². The van der Waals surface area contributed by atoms with Gasteiger partial charge in [0, 0.05) is 44.2 Å². The Morgan fingerprint density at radius 3 is 2.67 bits per heavy atom. The van der Waals surface area contributed by atoms with Crippen molar-refractivity contribution in [2.45, 2.75) is 11.8 Å². The van der Waals surface area contributed by atoms with E-state index in [0.29, 0.717) is 22.9 Å². The predicted octanol–water partition coefficient (Wildman–Crippen LogP) is 1.02. The Bertz CT molecular complexity index is 488. The molecule has 6 heteroatoms. The summed E-state index contributed by atoms with van der Waals surface area (Å²) < 4.78 is 17.9. The fourth-order valence-corrected chi connectivity index (χ4v) is 3.58. The van der Waals surface area contributed by atoms with E-state index >= 15 is 0 Å². The van der Waals surface area contributed by atoms with Gasteiger partial charge in [-0.15, -0.1) is 0 Å². The molecule has 0 saturated carbocycles. The van der Waals surface area contributed by atoms with Gasteiger partial charge in [0.1, 0.15) is 5.75 Å². The number of benzene rings is 1. The highest BCUT2D eigenvalue weighted by atomic mass is 32.2. The summed E-state index contributed by atoms with van der Waals surface area (Å²) in [6.45, 7) is 7.62. The summed E-state index contributed by atoms with van der Waals surface area (Å²) in [5, 5.41) is 0. The highest BCUT2D eigenvalue weighted by molar-refractivity contribution is 7.85. The zero-order valence-corrected chi connectivity index (χ0v) is 13.7. The maximum absolute atomic E-state index is 12.5. The number of hydrogen-bond acceptors (Lipinski definition) is 5. The molecule has 0 aliphatic carbocycles. The molecule has 2 rings (SSSR count). The van der Waals surface area contributed by atoms with Crippen molar-refractivity contribution in [3.63, 3.8) is 0 Å². The van der Waals surface area contributed by atoms with Gasteiger partial charge in [-0.3, -0.25) is 9.11 Å². The molecule has 0 bridgehead atoms. The molecule has 0 aromatic heterocycles. The largest absolute Gasteiger partial charge is 0.494 e. The second kappa shape index (κ2) is 7.77. The molecule has 5 nitrogen and oxygen atoms in total. The van der Waals surface area contributed by atoms with Crippen LogP contribution in [0.25, 0.3) is 0 Å². The lowest BCUT2D eigenvalue weighted by Gasteiger charge is -2.32. The van der Waals surface area contributed by atoms with Crippen molar-refractivity contribution < 1.29 is 8.95 Å². The smallest absolute Gasteiger partial charge is 0.120 e. The van der Waals surface area contributed by atoms with E-state index in [0.717, 1.165) is 38.5 Å². The average molecular weight is 311 g/mol. The summed E-state index contributed by atoms with van der Waals surface area (Å²) in [4.78, 5) is 5.37. The Labute approximate surface area is 129 Å². The van der Waals surface area contributed by atoms with E-state index in [1.807, 2.05) is 13.0 Å². The van der Waals surface area contributed by atoms with Crippen LogP contribution in [0.15, 0.2) is 23.1 Å². The topological polar surface area (TPSA) is 58.8 Å². The summed E-state index contributed by atoms with van der Waals surface area (Å²) >= 11 is 0. The first-order valence-corrected chi connectivity index (χ1v) is 8.73. The van der Waals surface area contributed by atoms with Crippen LogP contribution < -0.4 is 10.5 Å². The van der Waals surface area contributed by atoms with Crippen molar-refractivity contribution in [2.75, 3.05) is 57.9 Å². The summed E-state index contributed by atoms with van der Waals surface area (Å²) in [5.41, 5.74) is 6.52. The first-order chi connectivity index (χ1) is 10.1. The lowest BCUT2D eigenvalue weighted by atomic mass is 10.3. The highest BCUT2D eigenvalue weighted by Crippen LogP contribution is 2.23. The minimum atomic E-state index is -1.08. The van der Waals surface area contributed by atoms with Gasteiger partial charge in [-0.2, -0.15) is 0 Å². The van der Waals surface area contributed by atoms with Gasteiger partial charge in [0.15, 0.2) is 0 Å². The molecular weight excluding hydrogens is 286 g/mol. The molecule has 1 aliphatic heterocycles. The standard InChI is InChI=1S/C15H25N3O2S/c1-3-20-13-4-5-14(16)15(12-13)21(19)11-10-18-8-6-17(2)7-9-18/h4-5,12H,3,6-11,16H2,1-2H3. The SMILES string of the molecule is CCOc1ccc(N)c(S(=O)CCN2CCN(C)CC2)c1. The van der Waals surface area contributed by atoms with Gasteiger partial charge in [0.2, 0.25) is 0 Å². The fourth-order valence-electron chi connectivity index (χ4n) is 2.36. The van der Waals surface area contributed by atoms with Gasteiger partial charge in [0.05, 0.1) is 22.3 Å². The number of nitrogen functional groups attached to an aromatic ring is 1. The zero-order valence-electron chi connectivity index (χ0n) is 12.9. The summed E-state index contributed by atoms with van der Waals surface area (Å²) in [5.74, 6) is 1.35. The van der Waals surface area contributed by atoms with Crippen molar-refractivity contribution in [2.24, 2.45) is 0 Å². The van der Waals surface area contributed by atoms with Crippen LogP contribution in [-0.2, 0) is 10.8 Å². The average Bonchev–Trinajstić information content (AvgIpc) is 2.48. The number of nitrogens with zero attached hydrogens (tertiary/aromatic N) is 2. The lowest BCUT2D eigenvalue weighted by Crippen LogP contribution is -2.45. The summed E-state index contributed by atoms with van der Waals surface area (Å²) in [6.07, 6.45) is 0. The summed E-state index contributed by atoms with van der Waals surface area (Å²) in [6, 6.07) is 5.40. The molecule has 0 radical (unpaired) electrons. The molecule has 1 heterocycles. The monoisotopic (exact) mass is 311 g/mol. The second-order valence-electron chi connectivity index (χ2n) is 5.33. The number of nitrogens with two attached hydrogens (primary N) is 1. The predicted molar refractivity (Wildman–Crippen MR) is 87.2 cm³/mol. The molecule has 118 valence electrons. The van der Waals surface area contributed by atoms with Crippen LogP contribution >= 0.6 is 0 Å². The number of hydrogen-bond donors (Lipinski definition) is 1. The molecule has 1 saturated heterocycles. The van der Waals surface area contributed by atoms with Gasteiger partial charge in [-0.1, -0.05) is 0 Å². The van der Waals surface area contributed by atoms with Gasteiger partial charge in [-0.05, 0) is 32.2 Å². The molecule has 1 aromatic rings. The van der Waals surface area contributed by atoms with Gasteiger partial charge in [0.25, 0.3) is 0 Å². The van der Waals surface area contributed by atoms with E-state index in [9.17, 15) is 4.21 Å². The number of ether oxygens (including phenoxy) is 1. The molecule has 1 unspecified atom stereocenters. The van der Waals surface area contributed by atoms with E-state index in [4.69, 9.17) is 10.5 Å². The van der Waals surface area contributed by atoms with Crippen molar-refractivity contribution in [1.82, 2.24) is 9.80 Å². The highest BCUT2D eigenvalue weighted by Gasteiger charge is 2.16. The Hall–Kier alpha value is -1.11. The van der Waals surface area contributed by atoms with E-state index < -0.39 is 10.8 Å². The first kappa shape index (κ1) is 16.3. The van der Waals surface area contributed by atoms with E-state index in [1.54, 1.807) is 12.1 Å². The van der Waals surface area contributed by atoms with Crippen molar-refractivity contribution in [3.05, 3.63) is 18.2 Å². The molecule has 1 aromatic carbocycles. The van der Waals surface area contributed by atoms with Crippen LogP contribution in [0.2, 0.25) is 0 Å². The Morgan fingerprint density at radius 1 is 1.29 bits per heavy atom. The zero-order chi connectivity index (χ0) is 15.2. The minimum absolute atomic E-state index is 0.579. The molecule has 2 N–H and O–H groups in total. The molecular formula is C15H25N3O2S. The molecule has 1 fully saturated rings. The van der Waals surface area contributed by atoms with E-state index in [1.165, 1.54) is 0 Å². The minimum Gasteiger partial charge on any atom is -0.494 e. The van der Waals surface area contributed by atoms with Crippen LogP contribution in [0.4, 0.5) is 5.69 Å². The number of anilines is 1. The molecule has 0 amide bonds.